The molecule has 0 bridgehead atoms. The molecule has 3 aromatic heterocycles. The summed E-state index contributed by atoms with van der Waals surface area (Å²) in [6.07, 6.45) is 2.02. The Bertz CT molecular complexity index is 1370. The Balaban J connectivity index is 1.63. The molecule has 5 rings (SSSR count). The number of imidazole rings is 1. The third-order valence-corrected chi connectivity index (χ3v) is 7.72. The number of halogens is 1. The highest BCUT2D eigenvalue weighted by Crippen LogP contribution is 2.41. The van der Waals surface area contributed by atoms with Gasteiger partial charge >= 0.3 is 0 Å². The van der Waals surface area contributed by atoms with Gasteiger partial charge in [0.15, 0.2) is 0 Å². The predicted molar refractivity (Wildman–Crippen MR) is 126 cm³/mol. The van der Waals surface area contributed by atoms with E-state index < -0.39 is 0 Å². The molecule has 0 aliphatic carbocycles. The molecule has 0 spiro atoms. The van der Waals surface area contributed by atoms with E-state index in [2.05, 4.69) is 4.40 Å². The quantitative estimate of drug-likeness (QED) is 0.214. The second-order valence-electron chi connectivity index (χ2n) is 7.02. The molecule has 148 valence electrons. The van der Waals surface area contributed by atoms with Crippen LogP contribution in [0.2, 0.25) is 5.02 Å². The SMILES string of the molecule is Cc1cccn2c1nc1c(C(=O)c3ccccc3)sc(SCc3ccc(Cl)cc3)c12. The molecular weight excluding hydrogens is 432 g/mol. The topological polar surface area (TPSA) is 34.4 Å². The van der Waals surface area contributed by atoms with Crippen molar-refractivity contribution in [2.24, 2.45) is 0 Å². The molecular formula is C24H17ClN2OS2. The van der Waals surface area contributed by atoms with Crippen molar-refractivity contribution < 1.29 is 4.79 Å². The normalized spacial score (nSPS) is 11.4. The third-order valence-electron chi connectivity index (χ3n) is 4.97. The summed E-state index contributed by atoms with van der Waals surface area (Å²) in [6, 6.07) is 21.4. The Morgan fingerprint density at radius 3 is 2.60 bits per heavy atom. The fraction of sp³-hybridized carbons (Fsp3) is 0.0833. The first kappa shape index (κ1) is 19.4. The summed E-state index contributed by atoms with van der Waals surface area (Å²) in [5.74, 6) is 0.815. The number of aryl methyl sites for hydroxylation is 1. The average Bonchev–Trinajstić information content (AvgIpc) is 3.32. The molecule has 0 N–H and O–H groups in total. The number of carbonyl (C=O) groups excluding carboxylic acids is 1. The maximum atomic E-state index is 13.3. The number of carbonyl (C=O) groups is 1. The monoisotopic (exact) mass is 448 g/mol. The Labute approximate surface area is 187 Å². The molecule has 0 amide bonds. The summed E-state index contributed by atoms with van der Waals surface area (Å²) in [6.45, 7) is 2.05. The fourth-order valence-corrected chi connectivity index (χ4v) is 5.99. The zero-order valence-corrected chi connectivity index (χ0v) is 18.5. The van der Waals surface area contributed by atoms with E-state index in [0.29, 0.717) is 10.4 Å². The highest BCUT2D eigenvalue weighted by molar-refractivity contribution is 8.00. The largest absolute Gasteiger partial charge is 0.298 e. The Kier molecular flexibility index (Phi) is 5.11. The minimum absolute atomic E-state index is 0.0185. The van der Waals surface area contributed by atoms with E-state index in [0.717, 1.165) is 37.2 Å². The van der Waals surface area contributed by atoms with Crippen LogP contribution in [0, 0.1) is 6.92 Å². The number of nitrogens with zero attached hydrogens (tertiary/aromatic N) is 2. The molecule has 0 aliphatic rings. The minimum Gasteiger partial charge on any atom is -0.298 e. The van der Waals surface area contributed by atoms with E-state index in [-0.39, 0.29) is 5.78 Å². The maximum Gasteiger partial charge on any atom is 0.205 e. The summed E-state index contributed by atoms with van der Waals surface area (Å²) < 4.78 is 3.20. The fourth-order valence-electron chi connectivity index (χ4n) is 3.45. The number of aromatic nitrogens is 2. The number of hydrogen-bond acceptors (Lipinski definition) is 4. The molecule has 5 aromatic rings. The molecule has 0 saturated heterocycles. The number of rotatable bonds is 5. The van der Waals surface area contributed by atoms with Crippen molar-refractivity contribution in [2.45, 2.75) is 16.9 Å². The Morgan fingerprint density at radius 2 is 1.83 bits per heavy atom. The highest BCUT2D eigenvalue weighted by atomic mass is 35.5. The van der Waals surface area contributed by atoms with Crippen LogP contribution in [0.1, 0.15) is 26.4 Å². The van der Waals surface area contributed by atoms with Gasteiger partial charge in [-0.1, -0.05) is 60.1 Å². The van der Waals surface area contributed by atoms with Crippen molar-refractivity contribution >= 4 is 57.2 Å². The molecule has 30 heavy (non-hydrogen) atoms. The van der Waals surface area contributed by atoms with Gasteiger partial charge in [0, 0.05) is 22.5 Å². The summed E-state index contributed by atoms with van der Waals surface area (Å²) in [5, 5.41) is 0.732. The van der Waals surface area contributed by atoms with Crippen LogP contribution in [-0.2, 0) is 5.75 Å². The first-order valence-corrected chi connectivity index (χ1v) is 11.7. The minimum atomic E-state index is 0.0185. The van der Waals surface area contributed by atoms with Crippen LogP contribution in [0.25, 0.3) is 16.7 Å². The summed E-state index contributed by atoms with van der Waals surface area (Å²) in [7, 11) is 0. The van der Waals surface area contributed by atoms with E-state index in [1.807, 2.05) is 79.9 Å². The van der Waals surface area contributed by atoms with Gasteiger partial charge in [-0.3, -0.25) is 9.20 Å². The molecule has 0 radical (unpaired) electrons. The molecule has 0 aliphatic heterocycles. The van der Waals surface area contributed by atoms with Gasteiger partial charge in [0.25, 0.3) is 0 Å². The van der Waals surface area contributed by atoms with Gasteiger partial charge in [-0.25, -0.2) is 4.98 Å². The van der Waals surface area contributed by atoms with Crippen molar-refractivity contribution in [2.75, 3.05) is 0 Å². The first-order chi connectivity index (χ1) is 14.6. The zero-order chi connectivity index (χ0) is 20.7. The van der Waals surface area contributed by atoms with Gasteiger partial charge in [-0.2, -0.15) is 0 Å². The van der Waals surface area contributed by atoms with Gasteiger partial charge in [0.1, 0.15) is 16.0 Å². The summed E-state index contributed by atoms with van der Waals surface area (Å²) in [4.78, 5) is 18.8. The van der Waals surface area contributed by atoms with Gasteiger partial charge in [0.2, 0.25) is 5.78 Å². The van der Waals surface area contributed by atoms with Crippen molar-refractivity contribution in [1.29, 1.82) is 0 Å². The average molecular weight is 449 g/mol. The number of hydrogen-bond donors (Lipinski definition) is 0. The number of thiophene rings is 1. The third kappa shape index (κ3) is 3.43. The predicted octanol–water partition coefficient (Wildman–Crippen LogP) is 7.03. The van der Waals surface area contributed by atoms with Crippen LogP contribution in [0.15, 0.2) is 77.1 Å². The molecule has 0 fully saturated rings. The number of thioether (sulfide) groups is 1. The van der Waals surface area contributed by atoms with Crippen molar-refractivity contribution in [3.63, 3.8) is 0 Å². The van der Waals surface area contributed by atoms with Gasteiger partial charge in [-0.05, 0) is 36.2 Å². The lowest BCUT2D eigenvalue weighted by atomic mass is 10.1. The van der Waals surface area contributed by atoms with E-state index in [9.17, 15) is 4.79 Å². The molecule has 3 nitrogen and oxygen atoms in total. The molecule has 0 unspecified atom stereocenters. The number of pyridine rings is 1. The van der Waals surface area contributed by atoms with Crippen molar-refractivity contribution in [3.8, 4) is 0 Å². The van der Waals surface area contributed by atoms with E-state index >= 15 is 0 Å². The van der Waals surface area contributed by atoms with Gasteiger partial charge in [0.05, 0.1) is 9.73 Å². The second kappa shape index (κ2) is 7.91. The molecule has 0 saturated carbocycles. The van der Waals surface area contributed by atoms with Crippen LogP contribution in [0.5, 0.6) is 0 Å². The number of fused-ring (bicyclic) bond motifs is 3. The smallest absolute Gasteiger partial charge is 0.205 e. The molecule has 6 heteroatoms. The van der Waals surface area contributed by atoms with Crippen LogP contribution in [-0.4, -0.2) is 15.2 Å². The molecule has 0 atom stereocenters. The summed E-state index contributed by atoms with van der Waals surface area (Å²) in [5.41, 5.74) is 5.64. The maximum absolute atomic E-state index is 13.3. The van der Waals surface area contributed by atoms with Crippen molar-refractivity contribution in [1.82, 2.24) is 9.38 Å². The van der Waals surface area contributed by atoms with E-state index in [1.165, 1.54) is 16.9 Å². The molecule has 2 aromatic carbocycles. The van der Waals surface area contributed by atoms with Crippen LogP contribution < -0.4 is 0 Å². The lowest BCUT2D eigenvalue weighted by Crippen LogP contribution is -1.98. The van der Waals surface area contributed by atoms with E-state index in [1.54, 1.807) is 11.8 Å². The van der Waals surface area contributed by atoms with Crippen LogP contribution >= 0.6 is 34.7 Å². The second-order valence-corrected chi connectivity index (χ2v) is 9.72. The van der Waals surface area contributed by atoms with Gasteiger partial charge in [-0.15, -0.1) is 23.1 Å². The number of benzene rings is 2. The molecule has 3 heterocycles. The zero-order valence-electron chi connectivity index (χ0n) is 16.1. The lowest BCUT2D eigenvalue weighted by molar-refractivity contribution is 0.104. The van der Waals surface area contributed by atoms with E-state index in [4.69, 9.17) is 16.6 Å². The Hall–Kier alpha value is -2.60. The van der Waals surface area contributed by atoms with Gasteiger partial charge < -0.3 is 0 Å². The Morgan fingerprint density at radius 1 is 1.07 bits per heavy atom. The van der Waals surface area contributed by atoms with Crippen molar-refractivity contribution in [3.05, 3.63) is 99.5 Å². The summed E-state index contributed by atoms with van der Waals surface area (Å²) >= 11 is 9.27. The standard InChI is InChI=1S/C24H17ClN2OS2/c1-15-6-5-13-27-20-19(26-23(15)27)22(21(28)17-7-3-2-4-8-17)30-24(20)29-14-16-9-11-18(25)12-10-16/h2-13H,14H2,1H3. The first-order valence-electron chi connectivity index (χ1n) is 9.49. The lowest BCUT2D eigenvalue weighted by Gasteiger charge is -2.02. The number of ketones is 1. The van der Waals surface area contributed by atoms with Crippen LogP contribution in [0.4, 0.5) is 0 Å². The van der Waals surface area contributed by atoms with Crippen LogP contribution in [0.3, 0.4) is 0 Å². The highest BCUT2D eigenvalue weighted by Gasteiger charge is 2.23.